The van der Waals surface area contributed by atoms with Gasteiger partial charge in [0.25, 0.3) is 0 Å². The van der Waals surface area contributed by atoms with Gasteiger partial charge in [-0.2, -0.15) is 0 Å². The van der Waals surface area contributed by atoms with E-state index in [4.69, 9.17) is 0 Å². The lowest BCUT2D eigenvalue weighted by Gasteiger charge is -2.06. The van der Waals surface area contributed by atoms with Gasteiger partial charge in [0.2, 0.25) is 0 Å². The maximum absolute atomic E-state index is 4.43. The first kappa shape index (κ1) is 19.2. The SMILES string of the molecule is C(/C=N/c1ccc(Nc2ccccc2)cc1)=N\c1ccc(Nc2ccccc2)cc1. The maximum atomic E-state index is 4.43. The predicted octanol–water partition coefficient (Wildman–Crippen LogP) is 7.28. The van der Waals surface area contributed by atoms with Crippen LogP contribution in [-0.4, -0.2) is 12.4 Å². The molecule has 0 amide bonds. The smallest absolute Gasteiger partial charge is 0.0631 e. The molecule has 4 aromatic rings. The van der Waals surface area contributed by atoms with Crippen LogP contribution in [0, 0.1) is 0 Å². The van der Waals surface area contributed by atoms with Crippen LogP contribution in [-0.2, 0) is 0 Å². The molecule has 0 heterocycles. The summed E-state index contributed by atoms with van der Waals surface area (Å²) in [5, 5.41) is 6.71. The summed E-state index contributed by atoms with van der Waals surface area (Å²) in [4.78, 5) is 8.86. The number of nitrogens with zero attached hydrogens (tertiary/aromatic N) is 2. The van der Waals surface area contributed by atoms with Crippen molar-refractivity contribution in [1.82, 2.24) is 0 Å². The van der Waals surface area contributed by atoms with Crippen molar-refractivity contribution in [2.24, 2.45) is 9.98 Å². The first-order chi connectivity index (χ1) is 14.8. The average Bonchev–Trinajstić information content (AvgIpc) is 2.80. The third-order valence-electron chi connectivity index (χ3n) is 4.37. The molecular formula is C26H22N4. The highest BCUT2D eigenvalue weighted by atomic mass is 14.9. The topological polar surface area (TPSA) is 48.8 Å². The van der Waals surface area contributed by atoms with E-state index in [0.29, 0.717) is 0 Å². The lowest BCUT2D eigenvalue weighted by atomic mass is 10.2. The number of anilines is 4. The van der Waals surface area contributed by atoms with Gasteiger partial charge in [-0.25, -0.2) is 0 Å². The Bertz CT molecular complexity index is 1010. The van der Waals surface area contributed by atoms with Gasteiger partial charge in [-0.15, -0.1) is 0 Å². The van der Waals surface area contributed by atoms with Crippen LogP contribution in [0.15, 0.2) is 119 Å². The number of nitrogens with one attached hydrogen (secondary N) is 2. The van der Waals surface area contributed by atoms with Crippen molar-refractivity contribution in [2.45, 2.75) is 0 Å². The van der Waals surface area contributed by atoms with Gasteiger partial charge in [-0.05, 0) is 72.8 Å². The monoisotopic (exact) mass is 390 g/mol. The Morgan fingerprint density at radius 1 is 0.400 bits per heavy atom. The molecule has 2 N–H and O–H groups in total. The minimum Gasteiger partial charge on any atom is -0.356 e. The van der Waals surface area contributed by atoms with E-state index in [0.717, 1.165) is 34.1 Å². The highest BCUT2D eigenvalue weighted by molar-refractivity contribution is 6.17. The fraction of sp³-hybridized carbons (Fsp3) is 0. The molecule has 0 aliphatic carbocycles. The van der Waals surface area contributed by atoms with Crippen LogP contribution in [0.25, 0.3) is 0 Å². The molecule has 0 aliphatic rings. The standard InChI is InChI=1S/C26H22N4/c1-3-7-23(8-4-1)29-25-15-11-21(12-16-25)27-19-20-28-22-13-17-26(18-14-22)30-24-9-5-2-6-10-24/h1-20,29-30H/b27-19+,28-20+. The van der Waals surface area contributed by atoms with E-state index >= 15 is 0 Å². The highest BCUT2D eigenvalue weighted by Crippen LogP contribution is 2.21. The molecule has 4 heteroatoms. The number of aliphatic imine (C=N–C) groups is 2. The van der Waals surface area contributed by atoms with Gasteiger partial charge in [0.05, 0.1) is 11.4 Å². The lowest BCUT2D eigenvalue weighted by molar-refractivity contribution is 1.50. The Morgan fingerprint density at radius 3 is 1.10 bits per heavy atom. The van der Waals surface area contributed by atoms with Gasteiger partial charge in [-0.1, -0.05) is 36.4 Å². The number of rotatable bonds is 7. The van der Waals surface area contributed by atoms with Crippen molar-refractivity contribution in [3.8, 4) is 0 Å². The minimum atomic E-state index is 0.877. The van der Waals surface area contributed by atoms with Gasteiger partial charge >= 0.3 is 0 Å². The molecule has 30 heavy (non-hydrogen) atoms. The van der Waals surface area contributed by atoms with Crippen LogP contribution in [0.2, 0.25) is 0 Å². The van der Waals surface area contributed by atoms with Crippen molar-refractivity contribution >= 4 is 46.6 Å². The van der Waals surface area contributed by atoms with E-state index in [1.165, 1.54) is 0 Å². The fourth-order valence-corrected chi connectivity index (χ4v) is 2.88. The molecule has 0 unspecified atom stereocenters. The van der Waals surface area contributed by atoms with Gasteiger partial charge in [0, 0.05) is 35.2 Å². The van der Waals surface area contributed by atoms with E-state index in [2.05, 4.69) is 20.6 Å². The van der Waals surface area contributed by atoms with Gasteiger partial charge in [0.15, 0.2) is 0 Å². The molecule has 0 aromatic heterocycles. The molecule has 0 atom stereocenters. The third-order valence-corrected chi connectivity index (χ3v) is 4.37. The second-order valence-corrected chi connectivity index (χ2v) is 6.63. The summed E-state index contributed by atoms with van der Waals surface area (Å²) < 4.78 is 0. The molecule has 0 saturated carbocycles. The molecule has 0 bridgehead atoms. The molecule has 4 nitrogen and oxygen atoms in total. The van der Waals surface area contributed by atoms with Crippen LogP contribution in [0.4, 0.5) is 34.1 Å². The van der Waals surface area contributed by atoms with E-state index < -0.39 is 0 Å². The van der Waals surface area contributed by atoms with Gasteiger partial charge in [-0.3, -0.25) is 9.98 Å². The molecule has 4 rings (SSSR count). The van der Waals surface area contributed by atoms with Crippen molar-refractivity contribution in [1.29, 1.82) is 0 Å². The molecular weight excluding hydrogens is 368 g/mol. The Hall–Kier alpha value is -4.18. The van der Waals surface area contributed by atoms with Crippen LogP contribution in [0.5, 0.6) is 0 Å². The van der Waals surface area contributed by atoms with Crippen LogP contribution >= 0.6 is 0 Å². The lowest BCUT2D eigenvalue weighted by Crippen LogP contribution is -1.88. The molecule has 146 valence electrons. The van der Waals surface area contributed by atoms with Crippen molar-refractivity contribution in [3.05, 3.63) is 109 Å². The summed E-state index contributed by atoms with van der Waals surface area (Å²) in [6.45, 7) is 0. The van der Waals surface area contributed by atoms with Crippen molar-refractivity contribution in [2.75, 3.05) is 10.6 Å². The second kappa shape index (κ2) is 9.85. The molecule has 0 radical (unpaired) electrons. The summed E-state index contributed by atoms with van der Waals surface area (Å²) in [5.41, 5.74) is 5.93. The second-order valence-electron chi connectivity index (χ2n) is 6.63. The number of para-hydroxylation sites is 2. The van der Waals surface area contributed by atoms with Crippen LogP contribution in [0.3, 0.4) is 0 Å². The zero-order valence-corrected chi connectivity index (χ0v) is 16.4. The summed E-state index contributed by atoms with van der Waals surface area (Å²) in [6, 6.07) is 36.1. The van der Waals surface area contributed by atoms with Gasteiger partial charge < -0.3 is 10.6 Å². The van der Waals surface area contributed by atoms with Crippen molar-refractivity contribution < 1.29 is 0 Å². The zero-order chi connectivity index (χ0) is 20.4. The Kier molecular flexibility index (Phi) is 6.28. The fourth-order valence-electron chi connectivity index (χ4n) is 2.88. The average molecular weight is 390 g/mol. The van der Waals surface area contributed by atoms with Crippen LogP contribution in [0.1, 0.15) is 0 Å². The normalized spacial score (nSPS) is 11.1. The zero-order valence-electron chi connectivity index (χ0n) is 16.4. The highest BCUT2D eigenvalue weighted by Gasteiger charge is 1.95. The summed E-state index contributed by atoms with van der Waals surface area (Å²) in [7, 11) is 0. The number of hydrogen-bond acceptors (Lipinski definition) is 4. The van der Waals surface area contributed by atoms with E-state index in [-0.39, 0.29) is 0 Å². The molecule has 0 aliphatic heterocycles. The first-order valence-corrected chi connectivity index (χ1v) is 9.76. The molecule has 4 aromatic carbocycles. The third kappa shape index (κ3) is 5.66. The maximum Gasteiger partial charge on any atom is 0.0631 e. The molecule has 0 fully saturated rings. The van der Waals surface area contributed by atoms with E-state index in [1.54, 1.807) is 12.4 Å². The Morgan fingerprint density at radius 2 is 0.733 bits per heavy atom. The van der Waals surface area contributed by atoms with Crippen LogP contribution < -0.4 is 10.6 Å². The predicted molar refractivity (Wildman–Crippen MR) is 129 cm³/mol. The van der Waals surface area contributed by atoms with Gasteiger partial charge in [0.1, 0.15) is 0 Å². The number of hydrogen-bond donors (Lipinski definition) is 2. The quantitative estimate of drug-likeness (QED) is 0.326. The number of benzene rings is 4. The minimum absolute atomic E-state index is 0.877. The van der Waals surface area contributed by atoms with Crippen molar-refractivity contribution in [3.63, 3.8) is 0 Å². The summed E-state index contributed by atoms with van der Waals surface area (Å²) >= 11 is 0. The Labute approximate surface area is 176 Å². The molecule has 0 saturated heterocycles. The summed E-state index contributed by atoms with van der Waals surface area (Å²) in [6.07, 6.45) is 3.41. The summed E-state index contributed by atoms with van der Waals surface area (Å²) in [5.74, 6) is 0. The van der Waals surface area contributed by atoms with E-state index in [9.17, 15) is 0 Å². The Balaban J connectivity index is 1.30. The largest absolute Gasteiger partial charge is 0.356 e. The first-order valence-electron chi connectivity index (χ1n) is 9.76. The molecule has 0 spiro atoms. The van der Waals surface area contributed by atoms with E-state index in [1.807, 2.05) is 109 Å².